The molecule has 5 heteroatoms. The Labute approximate surface area is 96.5 Å². The Balaban J connectivity index is 2.89. The van der Waals surface area contributed by atoms with Crippen LogP contribution in [-0.4, -0.2) is 20.3 Å². The lowest BCUT2D eigenvalue weighted by Gasteiger charge is -2.21. The van der Waals surface area contributed by atoms with Crippen molar-refractivity contribution in [3.05, 3.63) is 29.8 Å². The maximum absolute atomic E-state index is 11.3. The van der Waals surface area contributed by atoms with E-state index in [1.807, 2.05) is 12.1 Å². The second kappa shape index (κ2) is 4.43. The minimum absolute atomic E-state index is 0.385. The van der Waals surface area contributed by atoms with Gasteiger partial charge in [-0.1, -0.05) is 12.1 Å². The minimum Gasteiger partial charge on any atom is -0.497 e. The molecule has 0 saturated carbocycles. The van der Waals surface area contributed by atoms with E-state index in [0.29, 0.717) is 6.42 Å². The van der Waals surface area contributed by atoms with Crippen molar-refractivity contribution in [2.24, 2.45) is 5.14 Å². The van der Waals surface area contributed by atoms with Crippen molar-refractivity contribution in [1.29, 1.82) is 0 Å². The van der Waals surface area contributed by atoms with E-state index < -0.39 is 14.8 Å². The van der Waals surface area contributed by atoms with Gasteiger partial charge in [-0.2, -0.15) is 0 Å². The van der Waals surface area contributed by atoms with Crippen LogP contribution in [0.4, 0.5) is 0 Å². The maximum atomic E-state index is 11.3. The molecule has 0 aliphatic carbocycles. The van der Waals surface area contributed by atoms with E-state index in [1.54, 1.807) is 33.1 Å². The van der Waals surface area contributed by atoms with E-state index >= 15 is 0 Å². The molecule has 0 saturated heterocycles. The first kappa shape index (κ1) is 13.0. The second-order valence-electron chi connectivity index (χ2n) is 4.33. The molecule has 2 N–H and O–H groups in total. The fourth-order valence-electron chi connectivity index (χ4n) is 1.34. The summed E-state index contributed by atoms with van der Waals surface area (Å²) in [5, 5.41) is 5.16. The average molecular weight is 243 g/mol. The number of hydrogen-bond acceptors (Lipinski definition) is 3. The predicted octanol–water partition coefficient (Wildman–Crippen LogP) is 1.30. The fraction of sp³-hybridized carbons (Fsp3) is 0.455. The SMILES string of the molecule is COc1ccc(CC(C)(C)S(N)(=O)=O)cc1. The molecule has 0 amide bonds. The third-order valence-electron chi connectivity index (χ3n) is 2.56. The second-order valence-corrected chi connectivity index (χ2v) is 6.52. The van der Waals surface area contributed by atoms with Crippen LogP contribution in [0.3, 0.4) is 0 Å². The van der Waals surface area contributed by atoms with Gasteiger partial charge < -0.3 is 4.74 Å². The summed E-state index contributed by atoms with van der Waals surface area (Å²) in [6.45, 7) is 3.24. The van der Waals surface area contributed by atoms with Crippen molar-refractivity contribution in [3.8, 4) is 5.75 Å². The van der Waals surface area contributed by atoms with Gasteiger partial charge in [0.05, 0.1) is 11.9 Å². The topological polar surface area (TPSA) is 69.4 Å². The molecule has 0 spiro atoms. The van der Waals surface area contributed by atoms with Gasteiger partial charge in [0, 0.05) is 0 Å². The van der Waals surface area contributed by atoms with Crippen molar-refractivity contribution in [2.75, 3.05) is 7.11 Å². The number of sulfonamides is 1. The summed E-state index contributed by atoms with van der Waals surface area (Å²) >= 11 is 0. The number of primary sulfonamides is 1. The van der Waals surface area contributed by atoms with Crippen molar-refractivity contribution >= 4 is 10.0 Å². The highest BCUT2D eigenvalue weighted by molar-refractivity contribution is 7.90. The highest BCUT2D eigenvalue weighted by Crippen LogP contribution is 2.21. The van der Waals surface area contributed by atoms with Gasteiger partial charge in [-0.25, -0.2) is 13.6 Å². The third kappa shape index (κ3) is 2.96. The zero-order valence-corrected chi connectivity index (χ0v) is 10.5. The molecule has 0 fully saturated rings. The van der Waals surface area contributed by atoms with E-state index in [9.17, 15) is 8.42 Å². The standard InChI is InChI=1S/C11H17NO3S/c1-11(2,16(12,13)14)8-9-4-6-10(15-3)7-5-9/h4-7H,8H2,1-3H3,(H2,12,13,14). The summed E-state index contributed by atoms with van der Waals surface area (Å²) in [5.74, 6) is 0.747. The van der Waals surface area contributed by atoms with Gasteiger partial charge in [0.25, 0.3) is 0 Å². The largest absolute Gasteiger partial charge is 0.497 e. The summed E-state index contributed by atoms with van der Waals surface area (Å²) in [6, 6.07) is 7.28. The maximum Gasteiger partial charge on any atom is 0.214 e. The number of hydrogen-bond donors (Lipinski definition) is 1. The zero-order chi connectivity index (χ0) is 12.4. The molecule has 4 nitrogen and oxygen atoms in total. The predicted molar refractivity (Wildman–Crippen MR) is 63.9 cm³/mol. The molecule has 1 aromatic rings. The first-order chi connectivity index (χ1) is 7.26. The lowest BCUT2D eigenvalue weighted by atomic mass is 10.0. The highest BCUT2D eigenvalue weighted by Gasteiger charge is 2.31. The van der Waals surface area contributed by atoms with Crippen LogP contribution >= 0.6 is 0 Å². The molecule has 0 unspecified atom stereocenters. The molecule has 16 heavy (non-hydrogen) atoms. The van der Waals surface area contributed by atoms with Crippen LogP contribution in [-0.2, 0) is 16.4 Å². The number of rotatable bonds is 4. The van der Waals surface area contributed by atoms with Crippen LogP contribution in [0.2, 0.25) is 0 Å². The Morgan fingerprint density at radius 2 is 1.75 bits per heavy atom. The smallest absolute Gasteiger partial charge is 0.214 e. The molecule has 0 aliphatic rings. The molecule has 0 bridgehead atoms. The van der Waals surface area contributed by atoms with E-state index in [1.165, 1.54) is 0 Å². The van der Waals surface area contributed by atoms with Gasteiger partial charge in [0.1, 0.15) is 5.75 Å². The van der Waals surface area contributed by atoms with Gasteiger partial charge in [-0.15, -0.1) is 0 Å². The van der Waals surface area contributed by atoms with E-state index in [2.05, 4.69) is 0 Å². The molecule has 0 radical (unpaired) electrons. The van der Waals surface area contributed by atoms with Crippen LogP contribution in [0.15, 0.2) is 24.3 Å². The highest BCUT2D eigenvalue weighted by atomic mass is 32.2. The van der Waals surface area contributed by atoms with Gasteiger partial charge in [-0.05, 0) is 38.0 Å². The lowest BCUT2D eigenvalue weighted by molar-refractivity contribution is 0.414. The Bertz CT molecular complexity index is 449. The summed E-state index contributed by atoms with van der Waals surface area (Å²) in [6.07, 6.45) is 0.385. The van der Waals surface area contributed by atoms with E-state index in [-0.39, 0.29) is 0 Å². The molecule has 0 aliphatic heterocycles. The van der Waals surface area contributed by atoms with Crippen LogP contribution in [0.25, 0.3) is 0 Å². The molecule has 90 valence electrons. The molecule has 0 atom stereocenters. The Hall–Kier alpha value is -1.07. The molecule has 0 aromatic heterocycles. The fourth-order valence-corrected chi connectivity index (χ4v) is 1.70. The Morgan fingerprint density at radius 3 is 2.12 bits per heavy atom. The number of nitrogens with two attached hydrogens (primary N) is 1. The van der Waals surface area contributed by atoms with Gasteiger partial charge in [0.15, 0.2) is 0 Å². The third-order valence-corrected chi connectivity index (χ3v) is 4.24. The van der Waals surface area contributed by atoms with Gasteiger partial charge in [0.2, 0.25) is 10.0 Å². The monoisotopic (exact) mass is 243 g/mol. The number of benzene rings is 1. The number of methoxy groups -OCH3 is 1. The van der Waals surface area contributed by atoms with Crippen LogP contribution in [0.1, 0.15) is 19.4 Å². The van der Waals surface area contributed by atoms with Crippen LogP contribution < -0.4 is 9.88 Å². The quantitative estimate of drug-likeness (QED) is 0.866. The summed E-state index contributed by atoms with van der Waals surface area (Å²) < 4.78 is 26.7. The van der Waals surface area contributed by atoms with Gasteiger partial charge >= 0.3 is 0 Å². The van der Waals surface area contributed by atoms with Crippen molar-refractivity contribution in [3.63, 3.8) is 0 Å². The molecular formula is C11H17NO3S. The Kier molecular flexibility index (Phi) is 3.60. The molecule has 0 heterocycles. The molecular weight excluding hydrogens is 226 g/mol. The first-order valence-electron chi connectivity index (χ1n) is 4.91. The van der Waals surface area contributed by atoms with Crippen LogP contribution in [0.5, 0.6) is 5.75 Å². The average Bonchev–Trinajstić information content (AvgIpc) is 2.16. The summed E-state index contributed by atoms with van der Waals surface area (Å²) in [7, 11) is -1.96. The van der Waals surface area contributed by atoms with Crippen LogP contribution in [0, 0.1) is 0 Å². The normalized spacial score (nSPS) is 12.5. The van der Waals surface area contributed by atoms with E-state index in [0.717, 1.165) is 11.3 Å². The first-order valence-corrected chi connectivity index (χ1v) is 6.46. The lowest BCUT2D eigenvalue weighted by Crippen LogP contribution is -2.39. The van der Waals surface area contributed by atoms with Gasteiger partial charge in [-0.3, -0.25) is 0 Å². The summed E-state index contributed by atoms with van der Waals surface area (Å²) in [4.78, 5) is 0. The van der Waals surface area contributed by atoms with E-state index in [4.69, 9.17) is 9.88 Å². The molecule has 1 aromatic carbocycles. The Morgan fingerprint density at radius 1 is 1.25 bits per heavy atom. The molecule has 1 rings (SSSR count). The zero-order valence-electron chi connectivity index (χ0n) is 9.73. The number of ether oxygens (including phenoxy) is 1. The summed E-state index contributed by atoms with van der Waals surface area (Å²) in [5.41, 5.74) is 0.917. The van der Waals surface area contributed by atoms with Crippen molar-refractivity contribution in [2.45, 2.75) is 25.0 Å². The minimum atomic E-state index is -3.55. The van der Waals surface area contributed by atoms with Crippen molar-refractivity contribution < 1.29 is 13.2 Å². The van der Waals surface area contributed by atoms with Crippen molar-refractivity contribution in [1.82, 2.24) is 0 Å².